The molecule has 0 aliphatic carbocycles. The number of hydrogen-bond acceptors (Lipinski definition) is 0. The molecule has 0 aliphatic heterocycles. The van der Waals surface area contributed by atoms with Crippen LogP contribution in [0, 0.1) is 0 Å². The molecule has 2 aromatic rings. The molecule has 72 valence electrons. The third-order valence-corrected chi connectivity index (χ3v) is 3.06. The molecular weight excluding hydrogens is 283 g/mol. The highest BCUT2D eigenvalue weighted by molar-refractivity contribution is 14.1. The molecule has 1 heteroatoms. The van der Waals surface area contributed by atoms with Gasteiger partial charge in [0.25, 0.3) is 0 Å². The number of hydrogen-bond donors (Lipinski definition) is 0. The minimum absolute atomic E-state index is 0.210. The molecule has 0 nitrogen and oxygen atoms in total. The second-order valence-corrected chi connectivity index (χ2v) is 6.73. The molecule has 2 rings (SSSR count). The fraction of sp³-hybridized carbons (Fsp3) is 0.231. The highest BCUT2D eigenvalue weighted by Gasteiger charge is 2.15. The van der Waals surface area contributed by atoms with Gasteiger partial charge in [0.15, 0.2) is 0 Å². The van der Waals surface area contributed by atoms with Crippen LogP contribution < -0.4 is 0 Å². The van der Waals surface area contributed by atoms with E-state index in [4.69, 9.17) is 0 Å². The Hall–Kier alpha value is -0.570. The van der Waals surface area contributed by atoms with Crippen molar-refractivity contribution >= 4 is 33.4 Å². The van der Waals surface area contributed by atoms with Gasteiger partial charge in [-0.3, -0.25) is 0 Å². The first-order valence-electron chi connectivity index (χ1n) is 4.75. The van der Waals surface area contributed by atoms with Crippen molar-refractivity contribution in [1.82, 2.24) is 0 Å². The number of rotatable bonds is 1. The zero-order chi connectivity index (χ0) is 10.2. The lowest BCUT2D eigenvalue weighted by atomic mass is 9.99. The number of alkyl halides is 1. The molecule has 0 unspecified atom stereocenters. The van der Waals surface area contributed by atoms with Crippen LogP contribution in [0.4, 0.5) is 0 Å². The topological polar surface area (TPSA) is 0 Å². The van der Waals surface area contributed by atoms with Crippen LogP contribution in [0.25, 0.3) is 10.8 Å². The average molecular weight is 296 g/mol. The SMILES string of the molecule is CC(C)(I)c1ccc2ccccc2c1. The second-order valence-electron chi connectivity index (χ2n) is 4.03. The largest absolute Gasteiger partial charge is 0.0743 e. The molecule has 0 fully saturated rings. The quantitative estimate of drug-likeness (QED) is 0.536. The minimum Gasteiger partial charge on any atom is -0.0743 e. The second kappa shape index (κ2) is 3.54. The van der Waals surface area contributed by atoms with Gasteiger partial charge in [-0.1, -0.05) is 59.0 Å². The fourth-order valence-electron chi connectivity index (χ4n) is 1.56. The van der Waals surface area contributed by atoms with Crippen LogP contribution in [-0.4, -0.2) is 0 Å². The van der Waals surface area contributed by atoms with E-state index in [1.807, 2.05) is 0 Å². The Morgan fingerprint density at radius 2 is 1.57 bits per heavy atom. The standard InChI is InChI=1S/C13H13I/c1-13(2,14)12-8-7-10-5-3-4-6-11(10)9-12/h3-9H,1-2H3. The predicted octanol–water partition coefficient (Wildman–Crippen LogP) is 4.51. The van der Waals surface area contributed by atoms with Crippen LogP contribution in [0.1, 0.15) is 19.4 Å². The summed E-state index contributed by atoms with van der Waals surface area (Å²) < 4.78 is 0.210. The Labute approximate surface area is 98.5 Å². The third kappa shape index (κ3) is 1.92. The van der Waals surface area contributed by atoms with E-state index in [0.29, 0.717) is 0 Å². The van der Waals surface area contributed by atoms with E-state index in [9.17, 15) is 0 Å². The highest BCUT2D eigenvalue weighted by atomic mass is 127. The summed E-state index contributed by atoms with van der Waals surface area (Å²) in [5, 5.41) is 2.65. The van der Waals surface area contributed by atoms with Gasteiger partial charge >= 0.3 is 0 Å². The lowest BCUT2D eigenvalue weighted by Gasteiger charge is -2.17. The van der Waals surface area contributed by atoms with Gasteiger partial charge in [0, 0.05) is 3.42 Å². The maximum absolute atomic E-state index is 2.48. The maximum Gasteiger partial charge on any atom is 0.0414 e. The van der Waals surface area contributed by atoms with Crippen molar-refractivity contribution in [3.63, 3.8) is 0 Å². The molecule has 0 radical (unpaired) electrons. The van der Waals surface area contributed by atoms with Gasteiger partial charge < -0.3 is 0 Å². The van der Waals surface area contributed by atoms with Crippen LogP contribution in [0.15, 0.2) is 42.5 Å². The van der Waals surface area contributed by atoms with E-state index < -0.39 is 0 Å². The van der Waals surface area contributed by atoms with Gasteiger partial charge in [-0.2, -0.15) is 0 Å². The van der Waals surface area contributed by atoms with Crippen molar-refractivity contribution in [1.29, 1.82) is 0 Å². The summed E-state index contributed by atoms with van der Waals surface area (Å²) in [5.41, 5.74) is 1.39. The summed E-state index contributed by atoms with van der Waals surface area (Å²) in [6.07, 6.45) is 0. The summed E-state index contributed by atoms with van der Waals surface area (Å²) in [7, 11) is 0. The number of halogens is 1. The molecule has 14 heavy (non-hydrogen) atoms. The first kappa shape index (κ1) is 9.97. The van der Waals surface area contributed by atoms with E-state index in [1.165, 1.54) is 16.3 Å². The number of benzene rings is 2. The Morgan fingerprint density at radius 3 is 2.21 bits per heavy atom. The first-order chi connectivity index (χ1) is 6.57. The van der Waals surface area contributed by atoms with Gasteiger partial charge in [0.1, 0.15) is 0 Å². The van der Waals surface area contributed by atoms with Crippen molar-refractivity contribution in [3.05, 3.63) is 48.0 Å². The predicted molar refractivity (Wildman–Crippen MR) is 71.0 cm³/mol. The zero-order valence-electron chi connectivity index (χ0n) is 8.42. The average Bonchev–Trinajstić information content (AvgIpc) is 2.16. The van der Waals surface area contributed by atoms with Crippen LogP contribution in [0.5, 0.6) is 0 Å². The Bertz CT molecular complexity index is 452. The van der Waals surface area contributed by atoms with Gasteiger partial charge in [-0.25, -0.2) is 0 Å². The minimum atomic E-state index is 0.210. The summed E-state index contributed by atoms with van der Waals surface area (Å²) in [6.45, 7) is 4.47. The molecule has 0 aromatic heterocycles. The molecule has 0 saturated carbocycles. The lowest BCUT2D eigenvalue weighted by Crippen LogP contribution is -2.05. The van der Waals surface area contributed by atoms with Gasteiger partial charge in [-0.15, -0.1) is 0 Å². The Balaban J connectivity index is 2.63. The smallest absolute Gasteiger partial charge is 0.0414 e. The van der Waals surface area contributed by atoms with Crippen LogP contribution in [-0.2, 0) is 3.42 Å². The van der Waals surface area contributed by atoms with Crippen molar-refractivity contribution < 1.29 is 0 Å². The van der Waals surface area contributed by atoms with Crippen LogP contribution in [0.3, 0.4) is 0 Å². The van der Waals surface area contributed by atoms with E-state index in [-0.39, 0.29) is 3.42 Å². The normalized spacial score (nSPS) is 11.9. The van der Waals surface area contributed by atoms with Gasteiger partial charge in [0.2, 0.25) is 0 Å². The molecule has 0 N–H and O–H groups in total. The molecule has 0 saturated heterocycles. The van der Waals surface area contributed by atoms with Crippen molar-refractivity contribution in [2.75, 3.05) is 0 Å². The summed E-state index contributed by atoms with van der Waals surface area (Å²) in [6, 6.07) is 15.2. The highest BCUT2D eigenvalue weighted by Crippen LogP contribution is 2.32. The molecule has 0 spiro atoms. The van der Waals surface area contributed by atoms with Crippen molar-refractivity contribution in [2.24, 2.45) is 0 Å². The van der Waals surface area contributed by atoms with Crippen LogP contribution >= 0.6 is 22.6 Å². The first-order valence-corrected chi connectivity index (χ1v) is 5.83. The summed E-state index contributed by atoms with van der Waals surface area (Å²) >= 11 is 2.48. The fourth-order valence-corrected chi connectivity index (χ4v) is 1.89. The molecular formula is C13H13I. The van der Waals surface area contributed by atoms with E-state index in [2.05, 4.69) is 78.9 Å². The molecule has 0 amide bonds. The molecule has 2 aromatic carbocycles. The van der Waals surface area contributed by atoms with E-state index in [1.54, 1.807) is 0 Å². The third-order valence-electron chi connectivity index (χ3n) is 2.44. The van der Waals surface area contributed by atoms with E-state index in [0.717, 1.165) is 0 Å². The van der Waals surface area contributed by atoms with Gasteiger partial charge in [-0.05, 0) is 36.2 Å². The molecule has 0 heterocycles. The van der Waals surface area contributed by atoms with Crippen LogP contribution in [0.2, 0.25) is 0 Å². The maximum atomic E-state index is 2.48. The molecule has 0 aliphatic rings. The lowest BCUT2D eigenvalue weighted by molar-refractivity contribution is 0.829. The van der Waals surface area contributed by atoms with Crippen molar-refractivity contribution in [2.45, 2.75) is 17.3 Å². The van der Waals surface area contributed by atoms with Crippen molar-refractivity contribution in [3.8, 4) is 0 Å². The molecule has 0 bridgehead atoms. The Kier molecular flexibility index (Phi) is 2.52. The summed E-state index contributed by atoms with van der Waals surface area (Å²) in [5.74, 6) is 0. The Morgan fingerprint density at radius 1 is 0.929 bits per heavy atom. The van der Waals surface area contributed by atoms with E-state index >= 15 is 0 Å². The summed E-state index contributed by atoms with van der Waals surface area (Å²) in [4.78, 5) is 0. The number of fused-ring (bicyclic) bond motifs is 1. The molecule has 0 atom stereocenters. The zero-order valence-corrected chi connectivity index (χ0v) is 10.6. The monoisotopic (exact) mass is 296 g/mol. The van der Waals surface area contributed by atoms with Gasteiger partial charge in [0.05, 0.1) is 0 Å².